The van der Waals surface area contributed by atoms with Gasteiger partial charge in [0.15, 0.2) is 0 Å². The van der Waals surface area contributed by atoms with Gasteiger partial charge in [0.25, 0.3) is 0 Å². The fourth-order valence-corrected chi connectivity index (χ4v) is 5.34. The molecule has 260 valence electrons. The summed E-state index contributed by atoms with van der Waals surface area (Å²) < 4.78 is 0. The molecule has 47 heavy (non-hydrogen) atoms. The normalized spacial score (nSPS) is 11.7. The monoisotopic (exact) mass is 686 g/mol. The molecule has 0 atom stereocenters. The first-order chi connectivity index (χ1) is 22.1. The summed E-state index contributed by atoms with van der Waals surface area (Å²) in [6.45, 7) is 11.8. The molecule has 7 heteroatoms. The van der Waals surface area contributed by atoms with Gasteiger partial charge in [-0.2, -0.15) is 0 Å². The molecule has 0 heterocycles. The molecule has 2 aromatic carbocycles. The van der Waals surface area contributed by atoms with Crippen LogP contribution in [0.15, 0.2) is 46.4 Å². The molecule has 0 saturated heterocycles. The molecule has 0 spiro atoms. The second-order valence-corrected chi connectivity index (χ2v) is 12.3. The third-order valence-corrected chi connectivity index (χ3v) is 8.15. The van der Waals surface area contributed by atoms with E-state index in [4.69, 9.17) is 9.98 Å². The SMILES string of the molecule is CCCCCCC(=Nc1cc(CC(=O)CC)cc(CC(=O)CC)c1)C(CCCC)=Nc1cc(CC(=O)CC)cc(CC(=O)CC)c1.[Ni]. The van der Waals surface area contributed by atoms with Gasteiger partial charge >= 0.3 is 0 Å². The zero-order chi connectivity index (χ0) is 33.9. The number of aliphatic imine (C=N–C) groups is 2. The molecule has 0 saturated carbocycles. The predicted molar refractivity (Wildman–Crippen MR) is 191 cm³/mol. The van der Waals surface area contributed by atoms with Crippen molar-refractivity contribution >= 4 is 45.9 Å². The summed E-state index contributed by atoms with van der Waals surface area (Å²) in [5.74, 6) is 0.601. The van der Waals surface area contributed by atoms with Gasteiger partial charge < -0.3 is 0 Å². The summed E-state index contributed by atoms with van der Waals surface area (Å²) in [6.07, 6.45) is 10.9. The van der Waals surface area contributed by atoms with E-state index in [0.717, 1.165) is 96.4 Å². The van der Waals surface area contributed by atoms with Crippen LogP contribution in [0.5, 0.6) is 0 Å². The van der Waals surface area contributed by atoms with E-state index in [1.165, 1.54) is 0 Å². The van der Waals surface area contributed by atoms with Crippen LogP contribution in [0.25, 0.3) is 0 Å². The Morgan fingerprint density at radius 3 is 1.06 bits per heavy atom. The minimum atomic E-state index is 0. The Labute approximate surface area is 293 Å². The molecule has 0 aromatic heterocycles. The first-order valence-corrected chi connectivity index (χ1v) is 17.6. The van der Waals surface area contributed by atoms with Crippen LogP contribution in [0.2, 0.25) is 0 Å². The van der Waals surface area contributed by atoms with Crippen LogP contribution >= 0.6 is 0 Å². The third-order valence-electron chi connectivity index (χ3n) is 8.15. The van der Waals surface area contributed by atoms with Crippen molar-refractivity contribution < 1.29 is 35.7 Å². The fraction of sp³-hybridized carbons (Fsp3) is 0.550. The molecule has 2 aromatic rings. The number of Topliss-reactive ketones (excluding diaryl/α,β-unsaturated/α-hetero) is 4. The molecule has 0 unspecified atom stereocenters. The smallest absolute Gasteiger partial charge is 0.136 e. The first-order valence-electron chi connectivity index (χ1n) is 17.6. The van der Waals surface area contributed by atoms with Crippen molar-refractivity contribution in [2.24, 2.45) is 9.98 Å². The van der Waals surface area contributed by atoms with Gasteiger partial charge in [-0.1, -0.05) is 79.4 Å². The van der Waals surface area contributed by atoms with Gasteiger partial charge in [-0.05, 0) is 72.2 Å². The zero-order valence-electron chi connectivity index (χ0n) is 29.6. The third kappa shape index (κ3) is 16.1. The molecule has 6 nitrogen and oxygen atoms in total. The molecule has 0 N–H and O–H groups in total. The molecular weight excluding hydrogens is 631 g/mol. The van der Waals surface area contributed by atoms with Gasteiger partial charge in [0.05, 0.1) is 22.8 Å². The summed E-state index contributed by atoms with van der Waals surface area (Å²) in [7, 11) is 0. The average molecular weight is 688 g/mol. The number of ketones is 4. The van der Waals surface area contributed by atoms with Crippen molar-refractivity contribution in [1.29, 1.82) is 0 Å². The maximum atomic E-state index is 12.4. The van der Waals surface area contributed by atoms with Crippen LogP contribution in [0, 0.1) is 0 Å². The Morgan fingerprint density at radius 1 is 0.447 bits per heavy atom. The van der Waals surface area contributed by atoms with Crippen molar-refractivity contribution in [2.45, 2.75) is 144 Å². The Hall–Kier alpha value is -3.05. The van der Waals surface area contributed by atoms with Crippen molar-refractivity contribution in [3.63, 3.8) is 0 Å². The van der Waals surface area contributed by atoms with Gasteiger partial charge in [-0.3, -0.25) is 29.2 Å². The summed E-state index contributed by atoms with van der Waals surface area (Å²) in [5.41, 5.74) is 6.81. The van der Waals surface area contributed by atoms with Crippen molar-refractivity contribution in [2.75, 3.05) is 0 Å². The molecule has 0 aliphatic carbocycles. The van der Waals surface area contributed by atoms with Crippen LogP contribution < -0.4 is 0 Å². The standard InChI is InChI=1S/C40H56N2O4.Ni/c1-7-13-15-16-18-40(42-34-23-31(27-37(45)11-5)20-32(24-34)28-38(46)12-6)39(17-14-8-2)41-33-21-29(25-35(43)9-3)19-30(22-33)26-36(44)10-4;/h19-24H,7-18,25-28H2,1-6H3;. The largest absolute Gasteiger partial charge is 0.299 e. The average Bonchev–Trinajstić information content (AvgIpc) is 3.03. The summed E-state index contributed by atoms with van der Waals surface area (Å²) in [4.78, 5) is 60.0. The number of rotatable bonds is 23. The van der Waals surface area contributed by atoms with E-state index >= 15 is 0 Å². The van der Waals surface area contributed by atoms with Gasteiger partial charge in [-0.15, -0.1) is 0 Å². The van der Waals surface area contributed by atoms with E-state index in [1.807, 2.05) is 64.1 Å². The molecule has 0 radical (unpaired) electrons. The number of hydrogen-bond acceptors (Lipinski definition) is 6. The second kappa shape index (κ2) is 23.3. The Balaban J connectivity index is 0.0000110. The molecule has 0 fully saturated rings. The van der Waals surface area contributed by atoms with E-state index in [9.17, 15) is 19.2 Å². The van der Waals surface area contributed by atoms with Crippen molar-refractivity contribution in [3.8, 4) is 0 Å². The van der Waals surface area contributed by atoms with E-state index < -0.39 is 0 Å². The number of hydrogen-bond donors (Lipinski definition) is 0. The summed E-state index contributed by atoms with van der Waals surface area (Å²) in [6, 6.07) is 11.8. The number of unbranched alkanes of at least 4 members (excludes halogenated alkanes) is 4. The Morgan fingerprint density at radius 2 is 0.766 bits per heavy atom. The minimum Gasteiger partial charge on any atom is -0.299 e. The topological polar surface area (TPSA) is 93.0 Å². The second-order valence-electron chi connectivity index (χ2n) is 12.3. The van der Waals surface area contributed by atoms with Gasteiger partial charge in [-0.25, -0.2) is 0 Å². The van der Waals surface area contributed by atoms with Gasteiger partial charge in [0.2, 0.25) is 0 Å². The van der Waals surface area contributed by atoms with Crippen molar-refractivity contribution in [1.82, 2.24) is 0 Å². The van der Waals surface area contributed by atoms with E-state index in [2.05, 4.69) is 13.8 Å². The van der Waals surface area contributed by atoms with Crippen LogP contribution in [0.3, 0.4) is 0 Å². The molecule has 0 aliphatic heterocycles. The molecular formula is C40H56N2NiO4. The van der Waals surface area contributed by atoms with E-state index in [1.54, 1.807) is 0 Å². The van der Waals surface area contributed by atoms with Crippen LogP contribution in [0.1, 0.15) is 141 Å². The van der Waals surface area contributed by atoms with Gasteiger partial charge in [0.1, 0.15) is 23.1 Å². The molecule has 0 aliphatic rings. The van der Waals surface area contributed by atoms with E-state index in [-0.39, 0.29) is 39.6 Å². The van der Waals surface area contributed by atoms with E-state index in [0.29, 0.717) is 51.4 Å². The summed E-state index contributed by atoms with van der Waals surface area (Å²) in [5, 5.41) is 0. The zero-order valence-corrected chi connectivity index (χ0v) is 30.6. The number of carbonyl (C=O) groups excluding carboxylic acids is 4. The maximum absolute atomic E-state index is 12.4. The predicted octanol–water partition coefficient (Wildman–Crippen LogP) is 9.78. The Bertz CT molecular complexity index is 1320. The van der Waals surface area contributed by atoms with Gasteiger partial charge in [0, 0.05) is 67.9 Å². The fourth-order valence-electron chi connectivity index (χ4n) is 5.34. The molecule has 0 bridgehead atoms. The quantitative estimate of drug-likeness (QED) is 0.0661. The Kier molecular flexibility index (Phi) is 20.8. The van der Waals surface area contributed by atoms with Crippen molar-refractivity contribution in [3.05, 3.63) is 58.7 Å². The number of nitrogens with zero attached hydrogens (tertiary/aromatic N) is 2. The minimum absolute atomic E-state index is 0. The number of carbonyl (C=O) groups is 4. The maximum Gasteiger partial charge on any atom is 0.136 e. The molecule has 0 amide bonds. The number of benzene rings is 2. The van der Waals surface area contributed by atoms with Crippen LogP contribution in [-0.4, -0.2) is 34.6 Å². The van der Waals surface area contributed by atoms with Crippen LogP contribution in [0.4, 0.5) is 11.4 Å². The summed E-state index contributed by atoms with van der Waals surface area (Å²) >= 11 is 0. The first kappa shape index (κ1) is 42.0. The van der Waals surface area contributed by atoms with Crippen LogP contribution in [-0.2, 0) is 61.4 Å². The molecule has 2 rings (SSSR count).